The van der Waals surface area contributed by atoms with Crippen molar-refractivity contribution in [2.75, 3.05) is 12.4 Å². The molecule has 14 heavy (non-hydrogen) atoms. The van der Waals surface area contributed by atoms with Gasteiger partial charge in [-0.1, -0.05) is 0 Å². The monoisotopic (exact) mass is 217 g/mol. The molecule has 4 heteroatoms. The largest absolute Gasteiger partial charge is 0.283 e. The van der Waals surface area contributed by atoms with Gasteiger partial charge in [-0.15, -0.1) is 11.6 Å². The van der Waals surface area contributed by atoms with E-state index in [2.05, 4.69) is 0 Å². The molecule has 2 amide bonds. The second-order valence-corrected chi connectivity index (χ2v) is 3.92. The number of nitrogens with zero attached hydrogens (tertiary/aromatic N) is 1. The first-order chi connectivity index (χ1) is 6.75. The summed E-state index contributed by atoms with van der Waals surface area (Å²) in [5.74, 6) is 0.570. The Labute approximate surface area is 89.4 Å². The number of hydrogen-bond donors (Lipinski definition) is 0. The molecule has 80 valence electrons. The van der Waals surface area contributed by atoms with Crippen LogP contribution < -0.4 is 0 Å². The lowest BCUT2D eigenvalue weighted by Crippen LogP contribution is -2.35. The van der Waals surface area contributed by atoms with Crippen molar-refractivity contribution >= 4 is 23.4 Å². The Morgan fingerprint density at radius 1 is 1.07 bits per heavy atom. The molecule has 0 spiro atoms. The molecule has 0 aromatic heterocycles. The minimum atomic E-state index is -0.0120. The van der Waals surface area contributed by atoms with E-state index in [9.17, 15) is 9.59 Å². The molecule has 0 radical (unpaired) electrons. The van der Waals surface area contributed by atoms with Crippen molar-refractivity contribution in [2.45, 2.75) is 38.5 Å². The maximum Gasteiger partial charge on any atom is 0.229 e. The van der Waals surface area contributed by atoms with Crippen LogP contribution in [0.4, 0.5) is 0 Å². The topological polar surface area (TPSA) is 37.4 Å². The summed E-state index contributed by atoms with van der Waals surface area (Å²) in [4.78, 5) is 24.4. The van der Waals surface area contributed by atoms with Crippen molar-refractivity contribution in [3.05, 3.63) is 0 Å². The first-order valence-electron chi connectivity index (χ1n) is 5.15. The molecule has 0 saturated carbocycles. The average Bonchev–Trinajstić information content (AvgIpc) is 2.32. The number of alkyl halides is 1. The molecule has 1 rings (SSSR count). The van der Waals surface area contributed by atoms with Gasteiger partial charge in [0.05, 0.1) is 0 Å². The maximum atomic E-state index is 11.5. The van der Waals surface area contributed by atoms with Crippen LogP contribution in [0.15, 0.2) is 0 Å². The van der Waals surface area contributed by atoms with Gasteiger partial charge in [-0.2, -0.15) is 0 Å². The number of imide groups is 1. The summed E-state index contributed by atoms with van der Waals surface area (Å²) < 4.78 is 0. The molecule has 0 unspecified atom stereocenters. The van der Waals surface area contributed by atoms with Crippen molar-refractivity contribution in [1.29, 1.82) is 0 Å². The Morgan fingerprint density at radius 3 is 2.14 bits per heavy atom. The minimum Gasteiger partial charge on any atom is -0.283 e. The Balaban J connectivity index is 2.44. The molecule has 0 N–H and O–H groups in total. The van der Waals surface area contributed by atoms with Gasteiger partial charge < -0.3 is 0 Å². The lowest BCUT2D eigenvalue weighted by molar-refractivity contribution is -0.143. The van der Waals surface area contributed by atoms with Crippen molar-refractivity contribution < 1.29 is 9.59 Å². The van der Waals surface area contributed by atoms with Crippen molar-refractivity contribution in [1.82, 2.24) is 4.90 Å². The Bertz CT molecular complexity index is 200. The van der Waals surface area contributed by atoms with E-state index >= 15 is 0 Å². The van der Waals surface area contributed by atoms with Crippen LogP contribution in [0.3, 0.4) is 0 Å². The molecular formula is C10H16ClNO2. The maximum absolute atomic E-state index is 11.5. The van der Waals surface area contributed by atoms with E-state index in [-0.39, 0.29) is 11.8 Å². The van der Waals surface area contributed by atoms with E-state index in [1.54, 1.807) is 0 Å². The number of carbonyl (C=O) groups excluding carboxylic acids is 2. The standard InChI is InChI=1S/C10H16ClNO2/c11-7-3-4-8-12-9(13)5-1-2-6-10(12)14/h1-8H2. The highest BCUT2D eigenvalue weighted by molar-refractivity contribution is 6.17. The molecule has 0 atom stereocenters. The Kier molecular flexibility index (Phi) is 4.94. The van der Waals surface area contributed by atoms with E-state index in [0.29, 0.717) is 25.3 Å². The molecule has 1 aliphatic rings. The minimum absolute atomic E-state index is 0.0120. The lowest BCUT2D eigenvalue weighted by atomic mass is 10.2. The summed E-state index contributed by atoms with van der Waals surface area (Å²) in [7, 11) is 0. The summed E-state index contributed by atoms with van der Waals surface area (Å²) in [6.45, 7) is 0.546. The zero-order chi connectivity index (χ0) is 10.4. The normalized spacial score (nSPS) is 18.5. The molecule has 0 bridgehead atoms. The van der Waals surface area contributed by atoms with E-state index in [1.165, 1.54) is 4.90 Å². The van der Waals surface area contributed by atoms with Crippen LogP contribution in [0.2, 0.25) is 0 Å². The molecule has 0 aromatic rings. The van der Waals surface area contributed by atoms with Crippen molar-refractivity contribution in [3.63, 3.8) is 0 Å². The Morgan fingerprint density at radius 2 is 1.64 bits per heavy atom. The molecule has 0 aromatic carbocycles. The van der Waals surface area contributed by atoms with Crippen LogP contribution in [0.25, 0.3) is 0 Å². The van der Waals surface area contributed by atoms with Crippen molar-refractivity contribution in [2.24, 2.45) is 0 Å². The second kappa shape index (κ2) is 6.02. The summed E-state index contributed by atoms with van der Waals surface area (Å²) in [5, 5.41) is 0. The molecule has 3 nitrogen and oxygen atoms in total. The van der Waals surface area contributed by atoms with Gasteiger partial charge in [-0.3, -0.25) is 14.5 Å². The number of likely N-dealkylation sites (tertiary alicyclic amines) is 1. The highest BCUT2D eigenvalue weighted by Gasteiger charge is 2.22. The Hall–Kier alpha value is -0.570. The molecular weight excluding hydrogens is 202 g/mol. The van der Waals surface area contributed by atoms with Gasteiger partial charge in [-0.25, -0.2) is 0 Å². The fourth-order valence-corrected chi connectivity index (χ4v) is 1.76. The van der Waals surface area contributed by atoms with Crippen LogP contribution in [0.1, 0.15) is 38.5 Å². The van der Waals surface area contributed by atoms with Gasteiger partial charge in [0.1, 0.15) is 0 Å². The van der Waals surface area contributed by atoms with Crippen LogP contribution in [-0.4, -0.2) is 29.1 Å². The summed E-state index contributed by atoms with van der Waals surface area (Å²) >= 11 is 5.54. The predicted octanol–water partition coefficient (Wildman–Crippen LogP) is 1.93. The predicted molar refractivity (Wildman–Crippen MR) is 55.1 cm³/mol. The first-order valence-corrected chi connectivity index (χ1v) is 5.68. The van der Waals surface area contributed by atoms with Gasteiger partial charge in [0.2, 0.25) is 11.8 Å². The van der Waals surface area contributed by atoms with Crippen LogP contribution in [0, 0.1) is 0 Å². The van der Waals surface area contributed by atoms with E-state index in [1.807, 2.05) is 0 Å². The quantitative estimate of drug-likeness (QED) is 0.410. The van der Waals surface area contributed by atoms with Gasteiger partial charge >= 0.3 is 0 Å². The number of halogens is 1. The molecule has 1 heterocycles. The summed E-state index contributed by atoms with van der Waals surface area (Å²) in [6, 6.07) is 0. The lowest BCUT2D eigenvalue weighted by Gasteiger charge is -2.17. The molecule has 1 saturated heterocycles. The summed E-state index contributed by atoms with van der Waals surface area (Å²) in [5.41, 5.74) is 0. The van der Waals surface area contributed by atoms with Crippen LogP contribution in [0.5, 0.6) is 0 Å². The molecule has 0 aliphatic carbocycles. The third-order valence-electron chi connectivity index (χ3n) is 2.40. The van der Waals surface area contributed by atoms with Gasteiger partial charge in [0.25, 0.3) is 0 Å². The number of hydrogen-bond acceptors (Lipinski definition) is 2. The van der Waals surface area contributed by atoms with Gasteiger partial charge in [-0.05, 0) is 25.7 Å². The molecule has 1 fully saturated rings. The molecule has 1 aliphatic heterocycles. The van der Waals surface area contributed by atoms with Crippen LogP contribution >= 0.6 is 11.6 Å². The SMILES string of the molecule is O=C1CCCCC(=O)N1CCCCCl. The fraction of sp³-hybridized carbons (Fsp3) is 0.800. The second-order valence-electron chi connectivity index (χ2n) is 3.54. The first kappa shape index (κ1) is 11.5. The highest BCUT2D eigenvalue weighted by atomic mass is 35.5. The van der Waals surface area contributed by atoms with Gasteiger partial charge in [0.15, 0.2) is 0 Å². The van der Waals surface area contributed by atoms with E-state index in [4.69, 9.17) is 11.6 Å². The number of unbranched alkanes of at least 4 members (excludes halogenated alkanes) is 1. The zero-order valence-corrected chi connectivity index (χ0v) is 9.05. The number of rotatable bonds is 4. The fourth-order valence-electron chi connectivity index (χ4n) is 1.58. The smallest absolute Gasteiger partial charge is 0.229 e. The zero-order valence-electron chi connectivity index (χ0n) is 8.30. The third kappa shape index (κ3) is 3.29. The summed E-state index contributed by atoms with van der Waals surface area (Å²) in [6.07, 6.45) is 4.41. The van der Waals surface area contributed by atoms with Crippen LogP contribution in [-0.2, 0) is 9.59 Å². The van der Waals surface area contributed by atoms with E-state index < -0.39 is 0 Å². The highest BCUT2D eigenvalue weighted by Crippen LogP contribution is 2.13. The number of carbonyl (C=O) groups is 2. The average molecular weight is 218 g/mol. The van der Waals surface area contributed by atoms with E-state index in [0.717, 1.165) is 25.7 Å². The van der Waals surface area contributed by atoms with Gasteiger partial charge in [0, 0.05) is 25.3 Å². The third-order valence-corrected chi connectivity index (χ3v) is 2.67. The van der Waals surface area contributed by atoms with Crippen molar-refractivity contribution in [3.8, 4) is 0 Å². The number of amides is 2.